The van der Waals surface area contributed by atoms with Crippen LogP contribution in [0.1, 0.15) is 29.8 Å². The molecule has 0 bridgehead atoms. The fraction of sp³-hybridized carbons (Fsp3) is 0.263. The number of nitrogens with zero attached hydrogens (tertiary/aromatic N) is 1. The number of amides is 2. The van der Waals surface area contributed by atoms with Gasteiger partial charge in [-0.2, -0.15) is 0 Å². The summed E-state index contributed by atoms with van der Waals surface area (Å²) in [5.74, 6) is -0.817. The SMILES string of the molecule is CC(C)(CO)NC(=O)Cc1ccc(NC(=O)c2cc([N+](=O)[O-])ccc2Cl)cc1. The number of halogens is 1. The monoisotopic (exact) mass is 405 g/mol. The van der Waals surface area contributed by atoms with Crippen LogP contribution in [0.4, 0.5) is 11.4 Å². The van der Waals surface area contributed by atoms with Crippen molar-refractivity contribution in [2.24, 2.45) is 0 Å². The normalized spacial score (nSPS) is 11.0. The molecule has 2 amide bonds. The Morgan fingerprint density at radius 2 is 1.82 bits per heavy atom. The molecule has 0 fully saturated rings. The van der Waals surface area contributed by atoms with Gasteiger partial charge in [0, 0.05) is 17.8 Å². The summed E-state index contributed by atoms with van der Waals surface area (Å²) >= 11 is 5.96. The molecular formula is C19H20ClN3O5. The Bertz CT molecular complexity index is 897. The smallest absolute Gasteiger partial charge is 0.270 e. The van der Waals surface area contributed by atoms with Crippen LogP contribution in [0.25, 0.3) is 0 Å². The average Bonchev–Trinajstić information content (AvgIpc) is 2.63. The Balaban J connectivity index is 2.04. The fourth-order valence-corrected chi connectivity index (χ4v) is 2.56. The second kappa shape index (κ2) is 8.81. The van der Waals surface area contributed by atoms with Gasteiger partial charge in [0.1, 0.15) is 0 Å². The maximum atomic E-state index is 12.4. The van der Waals surface area contributed by atoms with E-state index in [9.17, 15) is 24.8 Å². The van der Waals surface area contributed by atoms with Gasteiger partial charge in [-0.3, -0.25) is 19.7 Å². The second-order valence-corrected chi connectivity index (χ2v) is 7.25. The molecule has 0 aliphatic rings. The number of non-ortho nitro benzene ring substituents is 1. The van der Waals surface area contributed by atoms with E-state index in [0.29, 0.717) is 5.69 Å². The summed E-state index contributed by atoms with van der Waals surface area (Å²) in [6.45, 7) is 3.25. The molecule has 8 nitrogen and oxygen atoms in total. The van der Waals surface area contributed by atoms with Gasteiger partial charge in [-0.15, -0.1) is 0 Å². The number of hydrogen-bond donors (Lipinski definition) is 3. The van der Waals surface area contributed by atoms with E-state index in [1.165, 1.54) is 12.1 Å². The largest absolute Gasteiger partial charge is 0.394 e. The van der Waals surface area contributed by atoms with Crippen LogP contribution in [0.2, 0.25) is 5.02 Å². The lowest BCUT2D eigenvalue weighted by molar-refractivity contribution is -0.384. The number of nitro benzene ring substituents is 1. The summed E-state index contributed by atoms with van der Waals surface area (Å²) < 4.78 is 0. The fourth-order valence-electron chi connectivity index (χ4n) is 2.35. The van der Waals surface area contributed by atoms with Gasteiger partial charge in [-0.05, 0) is 37.6 Å². The number of nitro groups is 1. The number of carbonyl (C=O) groups excluding carboxylic acids is 2. The van der Waals surface area contributed by atoms with Crippen molar-refractivity contribution in [1.82, 2.24) is 5.32 Å². The van der Waals surface area contributed by atoms with Gasteiger partial charge in [-0.1, -0.05) is 23.7 Å². The van der Waals surface area contributed by atoms with Gasteiger partial charge in [-0.25, -0.2) is 0 Å². The zero-order valence-corrected chi connectivity index (χ0v) is 16.1. The van der Waals surface area contributed by atoms with E-state index in [1.807, 2.05) is 0 Å². The molecule has 0 aliphatic carbocycles. The third-order valence-corrected chi connectivity index (χ3v) is 4.18. The highest BCUT2D eigenvalue weighted by atomic mass is 35.5. The second-order valence-electron chi connectivity index (χ2n) is 6.84. The zero-order chi connectivity index (χ0) is 20.9. The molecule has 148 valence electrons. The summed E-state index contributed by atoms with van der Waals surface area (Å²) in [6, 6.07) is 10.2. The molecule has 0 atom stereocenters. The van der Waals surface area contributed by atoms with Crippen LogP contribution in [-0.2, 0) is 11.2 Å². The topological polar surface area (TPSA) is 122 Å². The molecule has 2 aromatic rings. The highest BCUT2D eigenvalue weighted by Crippen LogP contribution is 2.23. The number of benzene rings is 2. The van der Waals surface area contributed by atoms with Crippen molar-refractivity contribution in [3.63, 3.8) is 0 Å². The van der Waals surface area contributed by atoms with Crippen LogP contribution in [0.15, 0.2) is 42.5 Å². The Morgan fingerprint density at radius 3 is 2.39 bits per heavy atom. The van der Waals surface area contributed by atoms with Crippen molar-refractivity contribution < 1.29 is 19.6 Å². The quantitative estimate of drug-likeness (QED) is 0.483. The van der Waals surface area contributed by atoms with E-state index in [2.05, 4.69) is 10.6 Å². The lowest BCUT2D eigenvalue weighted by Gasteiger charge is -2.23. The van der Waals surface area contributed by atoms with E-state index in [1.54, 1.807) is 38.1 Å². The molecule has 28 heavy (non-hydrogen) atoms. The molecule has 0 radical (unpaired) electrons. The highest BCUT2D eigenvalue weighted by Gasteiger charge is 2.19. The van der Waals surface area contributed by atoms with Gasteiger partial charge >= 0.3 is 0 Å². The number of aliphatic hydroxyl groups is 1. The molecule has 0 unspecified atom stereocenters. The Labute approximate surface area is 166 Å². The van der Waals surface area contributed by atoms with Crippen LogP contribution >= 0.6 is 11.6 Å². The van der Waals surface area contributed by atoms with Gasteiger partial charge in [0.25, 0.3) is 11.6 Å². The molecule has 0 saturated carbocycles. The zero-order valence-electron chi connectivity index (χ0n) is 15.4. The summed E-state index contributed by atoms with van der Waals surface area (Å²) in [6.07, 6.45) is 0.119. The van der Waals surface area contributed by atoms with Crippen LogP contribution in [0.3, 0.4) is 0 Å². The lowest BCUT2D eigenvalue weighted by atomic mass is 10.1. The third kappa shape index (κ3) is 5.77. The molecule has 0 heterocycles. The molecule has 0 spiro atoms. The van der Waals surface area contributed by atoms with Crippen molar-refractivity contribution in [3.8, 4) is 0 Å². The molecule has 0 saturated heterocycles. The highest BCUT2D eigenvalue weighted by molar-refractivity contribution is 6.34. The average molecular weight is 406 g/mol. The predicted octanol–water partition coefficient (Wildman–Crippen LogP) is 2.93. The minimum Gasteiger partial charge on any atom is -0.394 e. The number of hydrogen-bond acceptors (Lipinski definition) is 5. The predicted molar refractivity (Wildman–Crippen MR) is 106 cm³/mol. The van der Waals surface area contributed by atoms with Crippen molar-refractivity contribution in [2.45, 2.75) is 25.8 Å². The first-order valence-corrected chi connectivity index (χ1v) is 8.75. The van der Waals surface area contributed by atoms with E-state index < -0.39 is 16.4 Å². The van der Waals surface area contributed by atoms with Crippen LogP contribution in [0, 0.1) is 10.1 Å². The molecule has 9 heteroatoms. The minimum atomic E-state index is -0.706. The Kier molecular flexibility index (Phi) is 6.71. The van der Waals surface area contributed by atoms with Crippen LogP contribution < -0.4 is 10.6 Å². The molecule has 3 N–H and O–H groups in total. The first kappa shape index (κ1) is 21.3. The third-order valence-electron chi connectivity index (χ3n) is 3.85. The number of nitrogens with one attached hydrogen (secondary N) is 2. The Hall–Kier alpha value is -2.97. The summed E-state index contributed by atoms with van der Waals surface area (Å²) in [5, 5.41) is 25.5. The van der Waals surface area contributed by atoms with Gasteiger partial charge < -0.3 is 15.7 Å². The molecule has 0 aromatic heterocycles. The van der Waals surface area contributed by atoms with E-state index in [4.69, 9.17) is 11.6 Å². The first-order valence-electron chi connectivity index (χ1n) is 8.37. The number of aliphatic hydroxyl groups excluding tert-OH is 1. The molecular weight excluding hydrogens is 386 g/mol. The van der Waals surface area contributed by atoms with Crippen molar-refractivity contribution in [2.75, 3.05) is 11.9 Å². The van der Waals surface area contributed by atoms with Crippen molar-refractivity contribution in [3.05, 3.63) is 68.7 Å². The molecule has 2 aromatic carbocycles. The van der Waals surface area contributed by atoms with Crippen LogP contribution in [0.5, 0.6) is 0 Å². The summed E-state index contributed by atoms with van der Waals surface area (Å²) in [7, 11) is 0. The minimum absolute atomic E-state index is 0.00874. The van der Waals surface area contributed by atoms with E-state index in [-0.39, 0.29) is 35.2 Å². The maximum Gasteiger partial charge on any atom is 0.270 e. The number of carbonyl (C=O) groups is 2. The van der Waals surface area contributed by atoms with E-state index >= 15 is 0 Å². The number of rotatable bonds is 7. The molecule has 0 aliphatic heterocycles. The summed E-state index contributed by atoms with van der Waals surface area (Å²) in [5.41, 5.74) is 0.222. The van der Waals surface area contributed by atoms with Gasteiger partial charge in [0.15, 0.2) is 0 Å². The van der Waals surface area contributed by atoms with Crippen molar-refractivity contribution >= 4 is 34.8 Å². The molecule has 2 rings (SSSR count). The lowest BCUT2D eigenvalue weighted by Crippen LogP contribution is -2.46. The van der Waals surface area contributed by atoms with Crippen LogP contribution in [-0.4, -0.2) is 34.0 Å². The van der Waals surface area contributed by atoms with Gasteiger partial charge in [0.05, 0.1) is 34.1 Å². The first-order chi connectivity index (χ1) is 13.1. The summed E-state index contributed by atoms with van der Waals surface area (Å²) in [4.78, 5) is 34.6. The van der Waals surface area contributed by atoms with E-state index in [0.717, 1.165) is 11.6 Å². The van der Waals surface area contributed by atoms with Crippen molar-refractivity contribution in [1.29, 1.82) is 0 Å². The standard InChI is InChI=1S/C19H20ClN3O5/c1-19(2,11-24)22-17(25)9-12-3-5-13(6-4-12)21-18(26)15-10-14(23(27)28)7-8-16(15)20/h3-8,10,24H,9,11H2,1-2H3,(H,21,26)(H,22,25). The maximum absolute atomic E-state index is 12.4. The van der Waals surface area contributed by atoms with Gasteiger partial charge in [0.2, 0.25) is 5.91 Å². The number of anilines is 1. The Morgan fingerprint density at radius 1 is 1.18 bits per heavy atom.